The molecule has 5 aromatic rings. The Morgan fingerprint density at radius 2 is 1.60 bits per heavy atom. The standard InChI is InChI=1S/C30H22N4O/c31-27-12-3-1-8-21(27)20-33-22-9-7-10-23(18-22)35-24-15-16-26-25-11-2-4-13-28(25)34(29(26)19-24)30-14-5-6-17-32-30/h1-20,31,33H/b21-20-,31-27?. The second kappa shape index (κ2) is 8.80. The van der Waals surface area contributed by atoms with Crippen LogP contribution in [-0.2, 0) is 0 Å². The van der Waals surface area contributed by atoms with Gasteiger partial charge in [-0.05, 0) is 48.5 Å². The average Bonchev–Trinajstić information content (AvgIpc) is 3.22. The van der Waals surface area contributed by atoms with E-state index in [2.05, 4.69) is 45.2 Å². The van der Waals surface area contributed by atoms with Gasteiger partial charge in [-0.2, -0.15) is 0 Å². The van der Waals surface area contributed by atoms with Crippen LogP contribution in [0.25, 0.3) is 27.6 Å². The minimum Gasteiger partial charge on any atom is -0.457 e. The molecule has 0 amide bonds. The molecule has 0 aliphatic heterocycles. The number of nitrogens with one attached hydrogen (secondary N) is 2. The first-order chi connectivity index (χ1) is 17.3. The van der Waals surface area contributed by atoms with Crippen LogP contribution < -0.4 is 10.1 Å². The summed E-state index contributed by atoms with van der Waals surface area (Å²) < 4.78 is 8.43. The quantitative estimate of drug-likeness (QED) is 0.291. The van der Waals surface area contributed by atoms with Crippen molar-refractivity contribution >= 4 is 33.2 Å². The van der Waals surface area contributed by atoms with Crippen molar-refractivity contribution in [3.05, 3.63) is 127 Å². The maximum absolute atomic E-state index is 8.01. The zero-order chi connectivity index (χ0) is 23.6. The monoisotopic (exact) mass is 454 g/mol. The number of hydrogen-bond donors (Lipinski definition) is 2. The summed E-state index contributed by atoms with van der Waals surface area (Å²) in [6.07, 6.45) is 11.1. The lowest BCUT2D eigenvalue weighted by molar-refractivity contribution is 0.483. The van der Waals surface area contributed by atoms with Gasteiger partial charge in [0.1, 0.15) is 17.3 Å². The molecule has 0 saturated heterocycles. The number of rotatable bonds is 5. The van der Waals surface area contributed by atoms with Gasteiger partial charge >= 0.3 is 0 Å². The van der Waals surface area contributed by atoms with Gasteiger partial charge in [-0.25, -0.2) is 4.98 Å². The molecule has 0 saturated carbocycles. The summed E-state index contributed by atoms with van der Waals surface area (Å²) in [5.41, 5.74) is 4.33. The molecule has 2 N–H and O–H groups in total. The molecule has 168 valence electrons. The van der Waals surface area contributed by atoms with Crippen molar-refractivity contribution in [2.75, 3.05) is 5.32 Å². The first-order valence-corrected chi connectivity index (χ1v) is 11.4. The highest BCUT2D eigenvalue weighted by Gasteiger charge is 2.13. The number of hydrogen-bond acceptors (Lipinski definition) is 4. The highest BCUT2D eigenvalue weighted by atomic mass is 16.5. The third kappa shape index (κ3) is 4.00. The van der Waals surface area contributed by atoms with E-state index < -0.39 is 0 Å². The first kappa shape index (κ1) is 20.7. The largest absolute Gasteiger partial charge is 0.457 e. The van der Waals surface area contributed by atoms with Crippen molar-refractivity contribution in [1.82, 2.24) is 9.55 Å². The lowest BCUT2D eigenvalue weighted by atomic mass is 10.1. The van der Waals surface area contributed by atoms with Crippen molar-refractivity contribution in [3.63, 3.8) is 0 Å². The lowest BCUT2D eigenvalue weighted by Gasteiger charge is -2.10. The summed E-state index contributed by atoms with van der Waals surface area (Å²) in [6, 6.07) is 28.3. The third-order valence-corrected chi connectivity index (χ3v) is 5.95. The topological polar surface area (TPSA) is 62.9 Å². The summed E-state index contributed by atoms with van der Waals surface area (Å²) in [5, 5.41) is 13.6. The van der Waals surface area contributed by atoms with E-state index in [4.69, 9.17) is 10.1 Å². The summed E-state index contributed by atoms with van der Waals surface area (Å²) in [7, 11) is 0. The Morgan fingerprint density at radius 3 is 2.49 bits per heavy atom. The van der Waals surface area contributed by atoms with Crippen LogP contribution >= 0.6 is 0 Å². The van der Waals surface area contributed by atoms with E-state index in [9.17, 15) is 0 Å². The van der Waals surface area contributed by atoms with Crippen LogP contribution in [0.4, 0.5) is 5.69 Å². The zero-order valence-electron chi connectivity index (χ0n) is 18.8. The molecule has 0 spiro atoms. The molecule has 0 unspecified atom stereocenters. The van der Waals surface area contributed by atoms with E-state index in [0.29, 0.717) is 5.71 Å². The van der Waals surface area contributed by atoms with E-state index in [-0.39, 0.29) is 0 Å². The molecular formula is C30H22N4O. The van der Waals surface area contributed by atoms with Gasteiger partial charge in [0.05, 0.1) is 16.7 Å². The van der Waals surface area contributed by atoms with Crippen molar-refractivity contribution in [2.24, 2.45) is 0 Å². The van der Waals surface area contributed by atoms with Gasteiger partial charge in [0.15, 0.2) is 0 Å². The smallest absolute Gasteiger partial charge is 0.137 e. The van der Waals surface area contributed by atoms with E-state index in [1.807, 2.05) is 85.2 Å². The Morgan fingerprint density at radius 1 is 0.771 bits per heavy atom. The van der Waals surface area contributed by atoms with Crippen LogP contribution in [0.2, 0.25) is 0 Å². The van der Waals surface area contributed by atoms with E-state index in [0.717, 1.165) is 45.0 Å². The molecule has 0 bridgehead atoms. The minimum absolute atomic E-state index is 0.476. The molecule has 5 heteroatoms. The van der Waals surface area contributed by atoms with E-state index in [1.54, 1.807) is 6.08 Å². The van der Waals surface area contributed by atoms with Gasteiger partial charge in [-0.15, -0.1) is 0 Å². The van der Waals surface area contributed by atoms with Gasteiger partial charge in [-0.1, -0.05) is 48.6 Å². The number of aromatic nitrogens is 2. The number of anilines is 1. The molecule has 1 aliphatic rings. The Hall–Kier alpha value is -4.90. The molecule has 0 radical (unpaired) electrons. The molecule has 1 aliphatic carbocycles. The number of benzene rings is 3. The van der Waals surface area contributed by atoms with Crippen LogP contribution in [0.15, 0.2) is 127 Å². The maximum Gasteiger partial charge on any atom is 0.137 e. The predicted molar refractivity (Wildman–Crippen MR) is 143 cm³/mol. The summed E-state index contributed by atoms with van der Waals surface area (Å²) in [5.74, 6) is 2.34. The Kier molecular flexibility index (Phi) is 5.20. The van der Waals surface area contributed by atoms with E-state index in [1.165, 1.54) is 5.39 Å². The van der Waals surface area contributed by atoms with Gasteiger partial charge in [0, 0.05) is 46.6 Å². The van der Waals surface area contributed by atoms with Crippen LogP contribution in [0.1, 0.15) is 0 Å². The highest BCUT2D eigenvalue weighted by Crippen LogP contribution is 2.35. The van der Waals surface area contributed by atoms with E-state index >= 15 is 0 Å². The Labute approximate surface area is 202 Å². The SMILES string of the molecule is N=C1C=CC=C/C1=C/Nc1cccc(Oc2ccc3c4ccccc4n(-c4ccccn4)c3c2)c1. The third-order valence-electron chi connectivity index (χ3n) is 5.95. The van der Waals surface area contributed by atoms with Crippen LogP contribution in [-0.4, -0.2) is 15.3 Å². The second-order valence-corrected chi connectivity index (χ2v) is 8.23. The Bertz CT molecular complexity index is 1660. The number of fused-ring (bicyclic) bond motifs is 3. The first-order valence-electron chi connectivity index (χ1n) is 11.4. The fraction of sp³-hybridized carbons (Fsp3) is 0. The molecule has 2 heterocycles. The molecule has 2 aromatic heterocycles. The molecule has 0 fully saturated rings. The zero-order valence-corrected chi connectivity index (χ0v) is 18.8. The molecule has 3 aromatic carbocycles. The summed E-state index contributed by atoms with van der Waals surface area (Å²) in [4.78, 5) is 4.60. The van der Waals surface area contributed by atoms with Crippen LogP contribution in [0.3, 0.4) is 0 Å². The van der Waals surface area contributed by atoms with Gasteiger partial charge in [0.25, 0.3) is 0 Å². The number of allylic oxidation sites excluding steroid dienone is 5. The second-order valence-electron chi connectivity index (χ2n) is 8.23. The minimum atomic E-state index is 0.476. The molecular weight excluding hydrogens is 432 g/mol. The lowest BCUT2D eigenvalue weighted by Crippen LogP contribution is -2.01. The van der Waals surface area contributed by atoms with Crippen molar-refractivity contribution in [3.8, 4) is 17.3 Å². The predicted octanol–water partition coefficient (Wildman–Crippen LogP) is 7.41. The van der Waals surface area contributed by atoms with Crippen LogP contribution in [0, 0.1) is 5.41 Å². The molecule has 5 nitrogen and oxygen atoms in total. The van der Waals surface area contributed by atoms with Crippen molar-refractivity contribution in [1.29, 1.82) is 5.41 Å². The van der Waals surface area contributed by atoms with Gasteiger partial charge in [-0.3, -0.25) is 4.57 Å². The number of nitrogens with zero attached hydrogens (tertiary/aromatic N) is 2. The normalized spacial score (nSPS) is 14.2. The fourth-order valence-electron chi connectivity index (χ4n) is 4.32. The number of para-hydroxylation sites is 1. The van der Waals surface area contributed by atoms with Crippen molar-refractivity contribution in [2.45, 2.75) is 0 Å². The molecule has 35 heavy (non-hydrogen) atoms. The summed E-state index contributed by atoms with van der Waals surface area (Å²) in [6.45, 7) is 0. The number of ether oxygens (including phenoxy) is 1. The fourth-order valence-corrected chi connectivity index (χ4v) is 4.32. The van der Waals surface area contributed by atoms with Gasteiger partial charge in [0.2, 0.25) is 0 Å². The highest BCUT2D eigenvalue weighted by molar-refractivity contribution is 6.10. The average molecular weight is 455 g/mol. The van der Waals surface area contributed by atoms with Crippen LogP contribution in [0.5, 0.6) is 11.5 Å². The van der Waals surface area contributed by atoms with Gasteiger partial charge < -0.3 is 15.5 Å². The molecule has 6 rings (SSSR count). The number of pyridine rings is 1. The Balaban J connectivity index is 1.34. The van der Waals surface area contributed by atoms with Crippen molar-refractivity contribution < 1.29 is 4.74 Å². The maximum atomic E-state index is 8.01. The molecule has 0 atom stereocenters. The summed E-state index contributed by atoms with van der Waals surface area (Å²) >= 11 is 0.